The van der Waals surface area contributed by atoms with Crippen molar-refractivity contribution in [2.45, 2.75) is 26.8 Å². The summed E-state index contributed by atoms with van der Waals surface area (Å²) < 4.78 is 1.14. The van der Waals surface area contributed by atoms with Crippen LogP contribution in [0.4, 0.5) is 0 Å². The van der Waals surface area contributed by atoms with Crippen LogP contribution in [0.2, 0.25) is 0 Å². The van der Waals surface area contributed by atoms with E-state index in [0.29, 0.717) is 5.92 Å². The number of hydrogen-bond donors (Lipinski definition) is 1. The van der Waals surface area contributed by atoms with Crippen LogP contribution in [0.3, 0.4) is 0 Å². The van der Waals surface area contributed by atoms with Crippen molar-refractivity contribution in [3.05, 3.63) is 35.3 Å². The normalized spacial score (nSPS) is 13.3. The molecule has 19 heavy (non-hydrogen) atoms. The van der Waals surface area contributed by atoms with Crippen LogP contribution >= 0.6 is 11.3 Å². The molecular formula is C15H18N2OS. The van der Waals surface area contributed by atoms with Crippen LogP contribution < -0.4 is 5.32 Å². The number of carbonyl (C=O) groups is 1. The highest BCUT2D eigenvalue weighted by Crippen LogP contribution is 2.22. The van der Waals surface area contributed by atoms with Crippen LogP contribution in [0.25, 0.3) is 16.3 Å². The minimum absolute atomic E-state index is 0.0690. The van der Waals surface area contributed by atoms with E-state index >= 15 is 0 Å². The number of nitrogens with one attached hydrogen (secondary N) is 1. The largest absolute Gasteiger partial charge is 0.350 e. The second-order valence-corrected chi connectivity index (χ2v) is 5.96. The van der Waals surface area contributed by atoms with Crippen LogP contribution in [0, 0.1) is 5.92 Å². The van der Waals surface area contributed by atoms with Gasteiger partial charge in [0.25, 0.3) is 0 Å². The number of nitrogens with zero attached hydrogens (tertiary/aromatic N) is 1. The predicted octanol–water partition coefficient (Wildman–Crippen LogP) is 3.47. The van der Waals surface area contributed by atoms with E-state index in [0.717, 1.165) is 15.2 Å². The molecule has 0 spiro atoms. The fraction of sp³-hybridized carbons (Fsp3) is 0.333. The molecule has 0 radical (unpaired) electrons. The van der Waals surface area contributed by atoms with E-state index in [4.69, 9.17) is 0 Å². The van der Waals surface area contributed by atoms with Crippen molar-refractivity contribution in [3.8, 4) is 0 Å². The van der Waals surface area contributed by atoms with Crippen molar-refractivity contribution in [2.75, 3.05) is 0 Å². The molecule has 0 fully saturated rings. The maximum absolute atomic E-state index is 11.7. The lowest BCUT2D eigenvalue weighted by atomic mass is 10.1. The lowest BCUT2D eigenvalue weighted by Gasteiger charge is -2.15. The minimum Gasteiger partial charge on any atom is -0.350 e. The van der Waals surface area contributed by atoms with Crippen LogP contribution in [-0.2, 0) is 4.79 Å². The molecule has 0 aliphatic carbocycles. The topological polar surface area (TPSA) is 42.0 Å². The van der Waals surface area contributed by atoms with E-state index in [1.165, 1.54) is 0 Å². The fourth-order valence-corrected chi connectivity index (χ4v) is 2.42. The van der Waals surface area contributed by atoms with Gasteiger partial charge in [0.15, 0.2) is 0 Å². The lowest BCUT2D eigenvalue weighted by Crippen LogP contribution is -2.34. The lowest BCUT2D eigenvalue weighted by molar-refractivity contribution is -0.117. The van der Waals surface area contributed by atoms with E-state index in [9.17, 15) is 4.79 Å². The summed E-state index contributed by atoms with van der Waals surface area (Å²) >= 11 is 1.59. The first-order chi connectivity index (χ1) is 9.06. The number of amides is 1. The molecule has 1 aromatic carbocycles. The van der Waals surface area contributed by atoms with Gasteiger partial charge in [0.1, 0.15) is 5.01 Å². The van der Waals surface area contributed by atoms with E-state index in [2.05, 4.69) is 24.1 Å². The predicted molar refractivity (Wildman–Crippen MR) is 81.1 cm³/mol. The van der Waals surface area contributed by atoms with Gasteiger partial charge in [0, 0.05) is 12.1 Å². The van der Waals surface area contributed by atoms with Gasteiger partial charge in [-0.05, 0) is 31.1 Å². The highest BCUT2D eigenvalue weighted by atomic mass is 32.1. The number of hydrogen-bond acceptors (Lipinski definition) is 3. The zero-order valence-electron chi connectivity index (χ0n) is 11.4. The summed E-state index contributed by atoms with van der Waals surface area (Å²) in [4.78, 5) is 16.2. The molecule has 0 saturated carbocycles. The average Bonchev–Trinajstić information content (AvgIpc) is 2.78. The average molecular weight is 274 g/mol. The van der Waals surface area contributed by atoms with Gasteiger partial charge in [-0.2, -0.15) is 0 Å². The Balaban J connectivity index is 2.03. The maximum Gasteiger partial charge on any atom is 0.244 e. The van der Waals surface area contributed by atoms with Crippen molar-refractivity contribution in [1.29, 1.82) is 0 Å². The van der Waals surface area contributed by atoms with E-state index in [1.807, 2.05) is 31.2 Å². The molecule has 1 atom stereocenters. The summed E-state index contributed by atoms with van der Waals surface area (Å²) in [5.41, 5.74) is 0.975. The number of rotatable bonds is 4. The summed E-state index contributed by atoms with van der Waals surface area (Å²) in [6.45, 7) is 6.18. The van der Waals surface area contributed by atoms with E-state index < -0.39 is 0 Å². The zero-order chi connectivity index (χ0) is 13.8. The van der Waals surface area contributed by atoms with Crippen LogP contribution in [-0.4, -0.2) is 16.9 Å². The van der Waals surface area contributed by atoms with Crippen molar-refractivity contribution < 1.29 is 4.79 Å². The molecule has 0 bridgehead atoms. The fourth-order valence-electron chi connectivity index (χ4n) is 1.55. The molecule has 0 aliphatic rings. The molecule has 0 saturated heterocycles. The Kier molecular flexibility index (Phi) is 4.32. The molecule has 0 aliphatic heterocycles. The number of thiazole rings is 1. The molecule has 1 heterocycles. The Morgan fingerprint density at radius 2 is 2.05 bits per heavy atom. The third kappa shape index (κ3) is 3.64. The summed E-state index contributed by atoms with van der Waals surface area (Å²) in [7, 11) is 0. The monoisotopic (exact) mass is 274 g/mol. The first kappa shape index (κ1) is 13.7. The van der Waals surface area contributed by atoms with Crippen molar-refractivity contribution in [2.24, 2.45) is 5.92 Å². The first-order valence-corrected chi connectivity index (χ1v) is 7.22. The van der Waals surface area contributed by atoms with Crippen LogP contribution in [0.1, 0.15) is 25.8 Å². The van der Waals surface area contributed by atoms with Crippen molar-refractivity contribution in [3.63, 3.8) is 0 Å². The maximum atomic E-state index is 11.7. The van der Waals surface area contributed by atoms with Gasteiger partial charge < -0.3 is 5.32 Å². The Labute approximate surface area is 117 Å². The number of aromatic nitrogens is 1. The standard InChI is InChI=1S/C15H18N2OS/c1-10(2)11(3)16-14(18)8-9-15-17-12-6-4-5-7-13(12)19-15/h4-11H,1-3H3,(H,16,18). The van der Waals surface area contributed by atoms with Crippen LogP contribution in [0.5, 0.6) is 0 Å². The molecule has 1 N–H and O–H groups in total. The smallest absolute Gasteiger partial charge is 0.244 e. The van der Waals surface area contributed by atoms with Gasteiger partial charge in [0.05, 0.1) is 10.2 Å². The van der Waals surface area contributed by atoms with Crippen molar-refractivity contribution in [1.82, 2.24) is 10.3 Å². The quantitative estimate of drug-likeness (QED) is 0.867. The molecular weight excluding hydrogens is 256 g/mol. The third-order valence-corrected chi connectivity index (χ3v) is 4.06. The third-order valence-electron chi connectivity index (χ3n) is 3.06. The highest BCUT2D eigenvalue weighted by Gasteiger charge is 2.08. The molecule has 1 unspecified atom stereocenters. The molecule has 4 heteroatoms. The minimum atomic E-state index is -0.0690. The van der Waals surface area contributed by atoms with Gasteiger partial charge in [-0.15, -0.1) is 11.3 Å². The summed E-state index contributed by atoms with van der Waals surface area (Å²) in [5, 5.41) is 3.79. The molecule has 2 aromatic rings. The Bertz CT molecular complexity index is 568. The molecule has 3 nitrogen and oxygen atoms in total. The summed E-state index contributed by atoms with van der Waals surface area (Å²) in [6.07, 6.45) is 3.32. The highest BCUT2D eigenvalue weighted by molar-refractivity contribution is 7.19. The van der Waals surface area contributed by atoms with Gasteiger partial charge in [-0.1, -0.05) is 26.0 Å². The SMILES string of the molecule is CC(C)C(C)NC(=O)C=Cc1nc2ccccc2s1. The Morgan fingerprint density at radius 3 is 2.74 bits per heavy atom. The van der Waals surface area contributed by atoms with E-state index in [1.54, 1.807) is 23.5 Å². The summed E-state index contributed by atoms with van der Waals surface area (Å²) in [5.74, 6) is 0.361. The van der Waals surface area contributed by atoms with Crippen LogP contribution in [0.15, 0.2) is 30.3 Å². The zero-order valence-corrected chi connectivity index (χ0v) is 12.2. The molecule has 1 aromatic heterocycles. The molecule has 2 rings (SSSR count). The van der Waals surface area contributed by atoms with Gasteiger partial charge in [-0.25, -0.2) is 4.98 Å². The number of benzene rings is 1. The second-order valence-electron chi connectivity index (χ2n) is 4.89. The van der Waals surface area contributed by atoms with Crippen molar-refractivity contribution >= 4 is 33.5 Å². The van der Waals surface area contributed by atoms with E-state index in [-0.39, 0.29) is 11.9 Å². The Hall–Kier alpha value is -1.68. The number of fused-ring (bicyclic) bond motifs is 1. The molecule has 1 amide bonds. The number of carbonyl (C=O) groups excluding carboxylic acids is 1. The number of para-hydroxylation sites is 1. The van der Waals surface area contributed by atoms with Gasteiger partial charge in [-0.3, -0.25) is 4.79 Å². The Morgan fingerprint density at radius 1 is 1.32 bits per heavy atom. The van der Waals surface area contributed by atoms with Gasteiger partial charge in [0.2, 0.25) is 5.91 Å². The first-order valence-electron chi connectivity index (χ1n) is 6.40. The summed E-state index contributed by atoms with van der Waals surface area (Å²) in [6, 6.07) is 8.14. The molecule has 100 valence electrons. The second kappa shape index (κ2) is 5.97. The van der Waals surface area contributed by atoms with Gasteiger partial charge >= 0.3 is 0 Å².